The summed E-state index contributed by atoms with van der Waals surface area (Å²) >= 11 is 6.18. The van der Waals surface area contributed by atoms with E-state index in [9.17, 15) is 18.7 Å². The first kappa shape index (κ1) is 23.1. The monoisotopic (exact) mass is 436 g/mol. The van der Waals surface area contributed by atoms with Crippen LogP contribution in [0.15, 0.2) is 72.5 Å². The van der Waals surface area contributed by atoms with Gasteiger partial charge in [0.05, 0.1) is 5.30 Å². The smallest absolute Gasteiger partial charge is 0.356 e. The summed E-state index contributed by atoms with van der Waals surface area (Å²) in [5, 5.41) is 0.352. The van der Waals surface area contributed by atoms with E-state index in [0.717, 1.165) is 11.1 Å². The highest BCUT2D eigenvalue weighted by Crippen LogP contribution is 2.34. The van der Waals surface area contributed by atoms with E-state index in [4.69, 9.17) is 16.3 Å². The molecule has 1 atom stereocenters. The Bertz CT molecular complexity index is 1000. The molecule has 2 rings (SSSR count). The van der Waals surface area contributed by atoms with Crippen molar-refractivity contribution >= 4 is 30.1 Å². The van der Waals surface area contributed by atoms with Gasteiger partial charge in [-0.3, -0.25) is 4.57 Å². The molecule has 0 aliphatic carbocycles. The maximum absolute atomic E-state index is 13.6. The van der Waals surface area contributed by atoms with Crippen LogP contribution < -0.4 is 5.30 Å². The molecule has 2 N–H and O–H groups in total. The van der Waals surface area contributed by atoms with E-state index in [-0.39, 0.29) is 5.30 Å². The van der Waals surface area contributed by atoms with E-state index in [1.165, 1.54) is 30.3 Å². The minimum Gasteiger partial charge on any atom is -0.486 e. The fourth-order valence-electron chi connectivity index (χ4n) is 2.63. The predicted octanol–water partition coefficient (Wildman–Crippen LogP) is 5.92. The summed E-state index contributed by atoms with van der Waals surface area (Å²) in [4.78, 5) is 18.5. The van der Waals surface area contributed by atoms with Crippen LogP contribution in [0.1, 0.15) is 38.0 Å². The number of hydrogen-bond donors (Lipinski definition) is 2. The Hall–Kier alpha value is -2.17. The zero-order chi connectivity index (χ0) is 21.8. The van der Waals surface area contributed by atoms with Crippen LogP contribution in [0.2, 0.25) is 5.02 Å². The summed E-state index contributed by atoms with van der Waals surface area (Å²) < 4.78 is 31.0. The summed E-state index contributed by atoms with van der Waals surface area (Å²) in [5.41, 5.74) is 2.84. The SMILES string of the molecule is C=C/C(=C\C(OC(C)c1cc(F)ccc1Cl)=C(C)C)c1ccc(P(=O)(O)O)cc1. The number of rotatable bonds is 7. The van der Waals surface area contributed by atoms with Crippen molar-refractivity contribution in [1.82, 2.24) is 0 Å². The van der Waals surface area contributed by atoms with Crippen LogP contribution in [0, 0.1) is 5.82 Å². The van der Waals surface area contributed by atoms with Gasteiger partial charge in [-0.05, 0) is 73.9 Å². The van der Waals surface area contributed by atoms with Crippen molar-refractivity contribution in [2.45, 2.75) is 26.9 Å². The van der Waals surface area contributed by atoms with Crippen LogP contribution in [0.3, 0.4) is 0 Å². The quantitative estimate of drug-likeness (QED) is 0.321. The molecular formula is C22H23ClFO4P. The van der Waals surface area contributed by atoms with E-state index < -0.39 is 19.5 Å². The second kappa shape index (κ2) is 9.55. The molecule has 0 spiro atoms. The van der Waals surface area contributed by atoms with Gasteiger partial charge in [-0.25, -0.2) is 4.39 Å². The average Bonchev–Trinajstić information content (AvgIpc) is 2.66. The number of hydrogen-bond acceptors (Lipinski definition) is 2. The molecule has 0 bridgehead atoms. The normalized spacial score (nSPS) is 13.0. The predicted molar refractivity (Wildman–Crippen MR) is 116 cm³/mol. The summed E-state index contributed by atoms with van der Waals surface area (Å²) in [6.07, 6.45) is 2.90. The number of ether oxygens (including phenoxy) is 1. The van der Waals surface area contributed by atoms with Gasteiger partial charge in [0.15, 0.2) is 0 Å². The molecule has 0 heterocycles. The molecule has 0 radical (unpaired) electrons. The summed E-state index contributed by atoms with van der Waals surface area (Å²) in [7, 11) is -4.30. The van der Waals surface area contributed by atoms with E-state index in [1.807, 2.05) is 13.8 Å². The Morgan fingerprint density at radius 2 is 1.83 bits per heavy atom. The van der Waals surface area contributed by atoms with Crippen LogP contribution in [0.25, 0.3) is 5.57 Å². The van der Waals surface area contributed by atoms with Gasteiger partial charge in [-0.15, -0.1) is 0 Å². The lowest BCUT2D eigenvalue weighted by molar-refractivity contribution is 0.140. The lowest BCUT2D eigenvalue weighted by atomic mass is 10.0. The summed E-state index contributed by atoms with van der Waals surface area (Å²) in [6, 6.07) is 10.1. The molecule has 0 aliphatic heterocycles. The van der Waals surface area contributed by atoms with Crippen LogP contribution >= 0.6 is 19.2 Å². The summed E-state index contributed by atoms with van der Waals surface area (Å²) in [6.45, 7) is 9.35. The molecule has 29 heavy (non-hydrogen) atoms. The highest BCUT2D eigenvalue weighted by atomic mass is 35.5. The van der Waals surface area contributed by atoms with E-state index >= 15 is 0 Å². The minimum atomic E-state index is -4.30. The zero-order valence-electron chi connectivity index (χ0n) is 16.4. The van der Waals surface area contributed by atoms with Gasteiger partial charge in [0.25, 0.3) is 0 Å². The molecule has 0 aromatic heterocycles. The second-order valence-corrected chi connectivity index (χ2v) is 8.70. The van der Waals surface area contributed by atoms with Crippen LogP contribution in [-0.2, 0) is 9.30 Å². The first-order chi connectivity index (χ1) is 13.5. The van der Waals surface area contributed by atoms with Gasteiger partial charge < -0.3 is 14.5 Å². The minimum absolute atomic E-state index is 0.0577. The van der Waals surface area contributed by atoms with E-state index in [0.29, 0.717) is 21.9 Å². The highest BCUT2D eigenvalue weighted by Gasteiger charge is 2.17. The molecule has 0 aliphatic rings. The molecule has 154 valence electrons. The van der Waals surface area contributed by atoms with Gasteiger partial charge in [0.2, 0.25) is 0 Å². The molecule has 2 aromatic rings. The Kier molecular flexibility index (Phi) is 7.61. The largest absolute Gasteiger partial charge is 0.486 e. The topological polar surface area (TPSA) is 66.8 Å². The van der Waals surface area contributed by atoms with Crippen molar-refractivity contribution in [2.24, 2.45) is 0 Å². The molecule has 0 saturated carbocycles. The van der Waals surface area contributed by atoms with Gasteiger partial charge in [0, 0.05) is 10.6 Å². The fraction of sp³-hybridized carbons (Fsp3) is 0.182. The van der Waals surface area contributed by atoms with Gasteiger partial charge in [-0.1, -0.05) is 36.4 Å². The van der Waals surface area contributed by atoms with Crippen molar-refractivity contribution in [3.05, 3.63) is 94.5 Å². The molecule has 0 fully saturated rings. The Morgan fingerprint density at radius 3 is 2.34 bits per heavy atom. The van der Waals surface area contributed by atoms with Gasteiger partial charge in [-0.2, -0.15) is 0 Å². The molecule has 1 unspecified atom stereocenters. The molecule has 0 saturated heterocycles. The van der Waals surface area contributed by atoms with Crippen LogP contribution in [-0.4, -0.2) is 9.79 Å². The Morgan fingerprint density at radius 1 is 1.21 bits per heavy atom. The van der Waals surface area contributed by atoms with Crippen molar-refractivity contribution in [1.29, 1.82) is 0 Å². The molecule has 0 amide bonds. The zero-order valence-corrected chi connectivity index (χ0v) is 18.0. The third-order valence-corrected chi connectivity index (χ3v) is 5.55. The average molecular weight is 437 g/mol. The fourth-order valence-corrected chi connectivity index (χ4v) is 3.43. The maximum atomic E-state index is 13.6. The Labute approximate surface area is 175 Å². The first-order valence-corrected chi connectivity index (χ1v) is 10.8. The number of halogens is 2. The van der Waals surface area contributed by atoms with E-state index in [1.54, 1.807) is 31.2 Å². The first-order valence-electron chi connectivity index (χ1n) is 8.82. The molecule has 7 heteroatoms. The molecule has 2 aromatic carbocycles. The Balaban J connectivity index is 2.35. The van der Waals surface area contributed by atoms with Crippen molar-refractivity contribution in [3.8, 4) is 0 Å². The third kappa shape index (κ3) is 6.15. The van der Waals surface area contributed by atoms with Gasteiger partial charge in [0.1, 0.15) is 17.7 Å². The lowest BCUT2D eigenvalue weighted by Gasteiger charge is -2.19. The molecular weight excluding hydrogens is 414 g/mol. The van der Waals surface area contributed by atoms with Crippen molar-refractivity contribution in [2.75, 3.05) is 0 Å². The maximum Gasteiger partial charge on any atom is 0.356 e. The second-order valence-electron chi connectivity index (χ2n) is 6.68. The standard InChI is InChI=1S/C22H23ClFO4P/c1-5-16(17-6-9-19(10-7-17)29(25,26)27)12-22(14(2)3)28-15(4)20-13-18(24)8-11-21(20)23/h5-13,15H,1H2,2-4H3,(H2,25,26,27)/b16-12+. The highest BCUT2D eigenvalue weighted by molar-refractivity contribution is 7.60. The van der Waals surface area contributed by atoms with Crippen molar-refractivity contribution < 1.29 is 23.5 Å². The third-order valence-electron chi connectivity index (χ3n) is 4.24. The number of benzene rings is 2. The van der Waals surface area contributed by atoms with E-state index in [2.05, 4.69) is 6.58 Å². The van der Waals surface area contributed by atoms with Gasteiger partial charge >= 0.3 is 7.60 Å². The van der Waals surface area contributed by atoms with Crippen LogP contribution in [0.5, 0.6) is 0 Å². The number of allylic oxidation sites excluding steroid dienone is 4. The molecule has 4 nitrogen and oxygen atoms in total. The van der Waals surface area contributed by atoms with Crippen molar-refractivity contribution in [3.63, 3.8) is 0 Å². The summed E-state index contributed by atoms with van der Waals surface area (Å²) in [5.74, 6) is 0.165. The lowest BCUT2D eigenvalue weighted by Crippen LogP contribution is -2.04. The van der Waals surface area contributed by atoms with Crippen LogP contribution in [0.4, 0.5) is 4.39 Å².